The molecule has 30 heavy (non-hydrogen) atoms. The van der Waals surface area contributed by atoms with E-state index in [9.17, 15) is 8.42 Å². The van der Waals surface area contributed by atoms with Crippen LogP contribution in [0, 0.1) is 35.5 Å². The van der Waals surface area contributed by atoms with Crippen molar-refractivity contribution in [2.24, 2.45) is 35.5 Å². The molecule has 0 spiro atoms. The molecule has 8 fully saturated rings. The molecule has 8 bridgehead atoms. The topological polar surface area (TPSA) is 43.4 Å². The van der Waals surface area contributed by atoms with Gasteiger partial charge in [0.15, 0.2) is 7.49 Å². The zero-order valence-corrected chi connectivity index (χ0v) is 20.9. The van der Waals surface area contributed by atoms with E-state index in [0.717, 1.165) is 54.5 Å². The minimum Gasteiger partial charge on any atom is -0.197 e. The standard InChI is InChI=1S/C25H42O3PS/c1-3-4-5-29(28-30(2,26)27,24-12-18-6-19(13-24)8-20(7-18)14-24)25-15-21-9-22(16-25)11-23(10-21)17-25/h18-23H,3-17H2,1-2H3/q+1. The summed E-state index contributed by atoms with van der Waals surface area (Å²) in [6.07, 6.45) is 21.1. The van der Waals surface area contributed by atoms with E-state index in [2.05, 4.69) is 6.92 Å². The second-order valence-electron chi connectivity index (χ2n) is 12.9. The first-order valence-corrected chi connectivity index (χ1v) is 16.7. The fourth-order valence-corrected chi connectivity index (χ4v) is 20.2. The molecule has 0 aromatic heterocycles. The molecule has 0 aromatic rings. The largest absolute Gasteiger partial charge is 0.296 e. The highest BCUT2D eigenvalue weighted by Crippen LogP contribution is 2.90. The summed E-state index contributed by atoms with van der Waals surface area (Å²) in [6.45, 7) is 2.29. The first-order valence-electron chi connectivity index (χ1n) is 13.0. The van der Waals surface area contributed by atoms with E-state index in [-0.39, 0.29) is 10.3 Å². The SMILES string of the molecule is CCCC[P+](OS(C)(=O)=O)(C12CC3CC(CC(C3)C1)C2)C12CC3CC(CC(C3)C1)C2. The van der Waals surface area contributed by atoms with Crippen LogP contribution in [-0.4, -0.2) is 31.1 Å². The Bertz CT molecular complexity index is 689. The summed E-state index contributed by atoms with van der Waals surface area (Å²) in [5.74, 6) is 5.14. The van der Waals surface area contributed by atoms with Gasteiger partial charge >= 0.3 is 0 Å². The molecule has 5 heteroatoms. The highest BCUT2D eigenvalue weighted by Gasteiger charge is 2.78. The molecule has 8 aliphatic rings. The highest BCUT2D eigenvalue weighted by atomic mass is 32.2. The van der Waals surface area contributed by atoms with Gasteiger partial charge in [-0.05, 0) is 119 Å². The van der Waals surface area contributed by atoms with Crippen LogP contribution in [0.1, 0.15) is 96.8 Å². The Hall–Kier alpha value is 0.340. The molecule has 0 saturated heterocycles. The average Bonchev–Trinajstić information content (AvgIpc) is 2.61. The van der Waals surface area contributed by atoms with Gasteiger partial charge in [0.05, 0.1) is 12.4 Å². The van der Waals surface area contributed by atoms with Crippen LogP contribution in [0.2, 0.25) is 0 Å². The zero-order valence-electron chi connectivity index (χ0n) is 19.2. The molecule has 0 atom stereocenters. The summed E-state index contributed by atoms with van der Waals surface area (Å²) in [5.41, 5.74) is 0. The van der Waals surface area contributed by atoms with Gasteiger partial charge in [0.1, 0.15) is 10.3 Å². The van der Waals surface area contributed by atoms with Crippen molar-refractivity contribution in [3.63, 3.8) is 0 Å². The van der Waals surface area contributed by atoms with Crippen molar-refractivity contribution in [1.29, 1.82) is 0 Å². The summed E-state index contributed by atoms with van der Waals surface area (Å²) in [4.78, 5) is 0. The van der Waals surface area contributed by atoms with Gasteiger partial charge in [-0.15, -0.1) is 3.97 Å². The first kappa shape index (κ1) is 20.9. The molecule has 8 rings (SSSR count). The third kappa shape index (κ3) is 3.05. The van der Waals surface area contributed by atoms with Gasteiger partial charge in [0.2, 0.25) is 0 Å². The van der Waals surface area contributed by atoms with Gasteiger partial charge in [0, 0.05) is 0 Å². The van der Waals surface area contributed by atoms with E-state index in [1.807, 2.05) is 0 Å². The van der Waals surface area contributed by atoms with Gasteiger partial charge in [-0.2, -0.15) is 8.42 Å². The summed E-state index contributed by atoms with van der Waals surface area (Å²) in [6, 6.07) is 0. The Balaban J connectivity index is 1.51. The Morgan fingerprint density at radius 1 is 0.733 bits per heavy atom. The second-order valence-corrected chi connectivity index (χ2v) is 18.7. The lowest BCUT2D eigenvalue weighted by atomic mass is 9.55. The molecule has 8 saturated carbocycles. The van der Waals surface area contributed by atoms with Crippen LogP contribution >= 0.6 is 7.49 Å². The third-order valence-electron chi connectivity index (χ3n) is 10.6. The van der Waals surface area contributed by atoms with Crippen LogP contribution in [0.15, 0.2) is 0 Å². The van der Waals surface area contributed by atoms with Gasteiger partial charge in [-0.3, -0.25) is 0 Å². The summed E-state index contributed by atoms with van der Waals surface area (Å²) in [7, 11) is -5.57. The number of hydrogen-bond donors (Lipinski definition) is 0. The third-order valence-corrected chi connectivity index (χ3v) is 17.8. The van der Waals surface area contributed by atoms with Crippen LogP contribution in [0.5, 0.6) is 0 Å². The zero-order chi connectivity index (χ0) is 20.8. The molecule has 8 aliphatic carbocycles. The lowest BCUT2D eigenvalue weighted by molar-refractivity contribution is 0.00999. The van der Waals surface area contributed by atoms with Crippen molar-refractivity contribution in [3.05, 3.63) is 0 Å². The van der Waals surface area contributed by atoms with E-state index in [1.165, 1.54) is 83.3 Å². The molecule has 3 nitrogen and oxygen atoms in total. The van der Waals surface area contributed by atoms with Crippen LogP contribution < -0.4 is 0 Å². The normalized spacial score (nSPS) is 50.7. The fraction of sp³-hybridized carbons (Fsp3) is 1.00. The molecule has 0 amide bonds. The highest BCUT2D eigenvalue weighted by molar-refractivity contribution is 7.94. The molecular weight excluding hydrogens is 411 g/mol. The Kier molecular flexibility index (Phi) is 4.83. The van der Waals surface area contributed by atoms with Crippen LogP contribution in [-0.2, 0) is 14.1 Å². The van der Waals surface area contributed by atoms with Crippen molar-refractivity contribution in [2.45, 2.75) is 107 Å². The average molecular weight is 454 g/mol. The molecule has 170 valence electrons. The lowest BCUT2D eigenvalue weighted by Gasteiger charge is -2.66. The van der Waals surface area contributed by atoms with E-state index in [0.29, 0.717) is 0 Å². The van der Waals surface area contributed by atoms with E-state index in [4.69, 9.17) is 3.97 Å². The van der Waals surface area contributed by atoms with Crippen LogP contribution in [0.25, 0.3) is 0 Å². The van der Waals surface area contributed by atoms with Gasteiger partial charge in [-0.25, -0.2) is 0 Å². The Morgan fingerprint density at radius 2 is 1.07 bits per heavy atom. The van der Waals surface area contributed by atoms with Crippen LogP contribution in [0.4, 0.5) is 0 Å². The minimum atomic E-state index is -3.45. The maximum atomic E-state index is 13.0. The molecular formula is C25H42O3PS+. The molecule has 0 aromatic carbocycles. The second kappa shape index (κ2) is 6.92. The van der Waals surface area contributed by atoms with Crippen molar-refractivity contribution in [3.8, 4) is 0 Å². The Morgan fingerprint density at radius 3 is 1.33 bits per heavy atom. The summed E-state index contributed by atoms with van der Waals surface area (Å²) in [5, 5.41) is 0.456. The smallest absolute Gasteiger partial charge is 0.197 e. The minimum absolute atomic E-state index is 0.228. The van der Waals surface area contributed by atoms with E-state index in [1.54, 1.807) is 0 Å². The monoisotopic (exact) mass is 453 g/mol. The molecule has 0 N–H and O–H groups in total. The molecule has 0 unspecified atom stereocenters. The van der Waals surface area contributed by atoms with Crippen molar-refractivity contribution in [2.75, 3.05) is 12.4 Å². The van der Waals surface area contributed by atoms with Crippen molar-refractivity contribution >= 4 is 17.6 Å². The van der Waals surface area contributed by atoms with Crippen molar-refractivity contribution < 1.29 is 12.4 Å². The molecule has 0 aliphatic heterocycles. The van der Waals surface area contributed by atoms with Crippen molar-refractivity contribution in [1.82, 2.24) is 0 Å². The van der Waals surface area contributed by atoms with Gasteiger partial charge in [0.25, 0.3) is 10.1 Å². The van der Waals surface area contributed by atoms with E-state index < -0.39 is 17.6 Å². The summed E-state index contributed by atoms with van der Waals surface area (Å²) >= 11 is 0. The Labute approximate surface area is 185 Å². The first-order chi connectivity index (χ1) is 14.2. The van der Waals surface area contributed by atoms with Crippen LogP contribution in [0.3, 0.4) is 0 Å². The van der Waals surface area contributed by atoms with Gasteiger partial charge < -0.3 is 0 Å². The van der Waals surface area contributed by atoms with E-state index >= 15 is 0 Å². The maximum absolute atomic E-state index is 13.0. The molecule has 0 radical (unpaired) electrons. The predicted molar refractivity (Wildman–Crippen MR) is 124 cm³/mol. The van der Waals surface area contributed by atoms with Gasteiger partial charge in [-0.1, -0.05) is 13.3 Å². The maximum Gasteiger partial charge on any atom is 0.296 e. The number of unbranched alkanes of at least 4 members (excludes halogenated alkanes) is 1. The quantitative estimate of drug-likeness (QED) is 0.406. The molecule has 0 heterocycles. The number of hydrogen-bond acceptors (Lipinski definition) is 3. The lowest BCUT2D eigenvalue weighted by Crippen LogP contribution is -2.61. The predicted octanol–water partition coefficient (Wildman–Crippen LogP) is 6.63. The summed E-state index contributed by atoms with van der Waals surface area (Å²) < 4.78 is 32.8. The number of rotatable bonds is 7. The fourth-order valence-electron chi connectivity index (χ4n) is 10.8.